The number of carbonyl (C=O) groups is 1. The van der Waals surface area contributed by atoms with Gasteiger partial charge in [0, 0.05) is 5.56 Å². The number of anilines is 1. The molecule has 0 spiro atoms. The van der Waals surface area contributed by atoms with Crippen molar-refractivity contribution in [2.75, 3.05) is 5.73 Å². The van der Waals surface area contributed by atoms with Gasteiger partial charge in [0.25, 0.3) is 5.91 Å². The van der Waals surface area contributed by atoms with Gasteiger partial charge in [-0.05, 0) is 18.1 Å². The third-order valence-corrected chi connectivity index (χ3v) is 2.65. The van der Waals surface area contributed by atoms with Gasteiger partial charge in [-0.2, -0.15) is 0 Å². The summed E-state index contributed by atoms with van der Waals surface area (Å²) in [5.74, 6) is 4.00. The molecular formula is C10H7N3O2S. The van der Waals surface area contributed by atoms with E-state index < -0.39 is 5.91 Å². The molecule has 2 rings (SSSR count). The van der Waals surface area contributed by atoms with Crippen LogP contribution >= 0.6 is 11.3 Å². The largest absolute Gasteiger partial charge is 0.506 e. The number of aromatic nitrogens is 1. The van der Waals surface area contributed by atoms with E-state index in [1.54, 1.807) is 6.07 Å². The van der Waals surface area contributed by atoms with Crippen molar-refractivity contribution < 1.29 is 9.90 Å². The van der Waals surface area contributed by atoms with E-state index in [1.807, 2.05) is 0 Å². The monoisotopic (exact) mass is 233 g/mol. The molecule has 6 heteroatoms. The Morgan fingerprint density at radius 2 is 2.25 bits per heavy atom. The summed E-state index contributed by atoms with van der Waals surface area (Å²) >= 11 is 1.24. The smallest absolute Gasteiger partial charge is 0.293 e. The van der Waals surface area contributed by atoms with Crippen LogP contribution < -0.4 is 11.5 Å². The lowest BCUT2D eigenvalue weighted by Gasteiger charge is -1.94. The van der Waals surface area contributed by atoms with Crippen molar-refractivity contribution >= 4 is 32.6 Å². The molecule has 1 heterocycles. The summed E-state index contributed by atoms with van der Waals surface area (Å²) in [7, 11) is 0. The third-order valence-electron chi connectivity index (χ3n) is 1.82. The molecule has 0 unspecified atom stereocenters. The van der Waals surface area contributed by atoms with Crippen molar-refractivity contribution in [3.8, 4) is 17.6 Å². The minimum absolute atomic E-state index is 0.0146. The fourth-order valence-corrected chi connectivity index (χ4v) is 2.03. The lowest BCUT2D eigenvalue weighted by molar-refractivity contribution is -0.112. The van der Waals surface area contributed by atoms with Crippen LogP contribution in [0.2, 0.25) is 0 Å². The average molecular weight is 233 g/mol. The summed E-state index contributed by atoms with van der Waals surface area (Å²) in [6, 6.07) is 3.11. The highest BCUT2D eigenvalue weighted by atomic mass is 32.1. The van der Waals surface area contributed by atoms with E-state index in [9.17, 15) is 9.90 Å². The zero-order valence-corrected chi connectivity index (χ0v) is 8.84. The highest BCUT2D eigenvalue weighted by Gasteiger charge is 2.07. The standard InChI is InChI=1S/C10H7N3O2S/c11-8(15)2-1-5-3-6(14)9-7(4-5)16-10(12)13-9/h3-4,14H,(H2,11,15)(H2,12,13). The third kappa shape index (κ3) is 1.89. The molecule has 0 aliphatic carbocycles. The maximum atomic E-state index is 10.5. The molecule has 0 radical (unpaired) electrons. The molecule has 0 atom stereocenters. The summed E-state index contributed by atoms with van der Waals surface area (Å²) in [6.45, 7) is 0. The van der Waals surface area contributed by atoms with Crippen molar-refractivity contribution in [2.24, 2.45) is 5.73 Å². The molecule has 2 aromatic rings. The normalized spacial score (nSPS) is 9.75. The van der Waals surface area contributed by atoms with Crippen molar-refractivity contribution in [3.05, 3.63) is 17.7 Å². The number of aromatic hydroxyl groups is 1. The van der Waals surface area contributed by atoms with Gasteiger partial charge in [0.1, 0.15) is 11.3 Å². The molecule has 80 valence electrons. The van der Waals surface area contributed by atoms with Crippen LogP contribution in [-0.4, -0.2) is 16.0 Å². The van der Waals surface area contributed by atoms with Crippen LogP contribution in [0.15, 0.2) is 12.1 Å². The minimum atomic E-state index is -0.719. The summed E-state index contributed by atoms with van der Waals surface area (Å²) < 4.78 is 0.714. The molecule has 0 aliphatic heterocycles. The highest BCUT2D eigenvalue weighted by Crippen LogP contribution is 2.31. The molecule has 5 N–H and O–H groups in total. The number of nitrogen functional groups attached to an aromatic ring is 1. The molecule has 1 aromatic carbocycles. The Hall–Kier alpha value is -2.26. The second-order valence-corrected chi connectivity index (χ2v) is 4.07. The predicted molar refractivity (Wildman–Crippen MR) is 61.8 cm³/mol. The van der Waals surface area contributed by atoms with Crippen molar-refractivity contribution in [3.63, 3.8) is 0 Å². The number of benzene rings is 1. The Morgan fingerprint density at radius 1 is 1.50 bits per heavy atom. The SMILES string of the molecule is NC(=O)C#Cc1cc(O)c2nc(N)sc2c1. The van der Waals surface area contributed by atoms with Crippen LogP contribution in [0.5, 0.6) is 5.75 Å². The molecular weight excluding hydrogens is 226 g/mol. The first kappa shape index (κ1) is 10.3. The quantitative estimate of drug-likeness (QED) is 0.574. The molecule has 5 nitrogen and oxygen atoms in total. The zero-order valence-electron chi connectivity index (χ0n) is 8.02. The van der Waals surface area contributed by atoms with E-state index in [4.69, 9.17) is 11.5 Å². The van der Waals surface area contributed by atoms with Crippen LogP contribution in [0.4, 0.5) is 5.13 Å². The lowest BCUT2D eigenvalue weighted by atomic mass is 10.2. The first-order valence-corrected chi connectivity index (χ1v) is 5.08. The van der Waals surface area contributed by atoms with E-state index >= 15 is 0 Å². The maximum absolute atomic E-state index is 10.5. The maximum Gasteiger partial charge on any atom is 0.293 e. The molecule has 0 saturated heterocycles. The summed E-state index contributed by atoms with van der Waals surface area (Å²) in [5, 5.41) is 10.0. The van der Waals surface area contributed by atoms with Gasteiger partial charge in [0.2, 0.25) is 0 Å². The molecule has 1 amide bonds. The van der Waals surface area contributed by atoms with Gasteiger partial charge in [0.15, 0.2) is 5.13 Å². The van der Waals surface area contributed by atoms with Crippen LogP contribution in [0.25, 0.3) is 10.2 Å². The fourth-order valence-electron chi connectivity index (χ4n) is 1.23. The Bertz CT molecular complexity index is 637. The first-order valence-electron chi connectivity index (χ1n) is 4.27. The van der Waals surface area contributed by atoms with Gasteiger partial charge in [-0.1, -0.05) is 17.3 Å². The van der Waals surface area contributed by atoms with Crippen molar-refractivity contribution in [1.29, 1.82) is 0 Å². The molecule has 0 aliphatic rings. The number of phenols is 1. The molecule has 0 bridgehead atoms. The van der Waals surface area contributed by atoms with Gasteiger partial charge in [0.05, 0.1) is 4.70 Å². The van der Waals surface area contributed by atoms with E-state index in [0.29, 0.717) is 20.9 Å². The second kappa shape index (κ2) is 3.72. The number of primary amides is 1. The molecule has 1 aromatic heterocycles. The Morgan fingerprint density at radius 3 is 2.94 bits per heavy atom. The average Bonchev–Trinajstić information content (AvgIpc) is 2.56. The van der Waals surface area contributed by atoms with E-state index in [1.165, 1.54) is 17.4 Å². The number of hydrogen-bond acceptors (Lipinski definition) is 5. The molecule has 16 heavy (non-hydrogen) atoms. The van der Waals surface area contributed by atoms with Crippen LogP contribution in [0.1, 0.15) is 5.56 Å². The molecule has 0 saturated carbocycles. The van der Waals surface area contributed by atoms with E-state index in [-0.39, 0.29) is 5.75 Å². The van der Waals surface area contributed by atoms with Gasteiger partial charge >= 0.3 is 0 Å². The summed E-state index contributed by atoms with van der Waals surface area (Å²) in [5.41, 5.74) is 11.3. The number of thiazole rings is 1. The number of phenolic OH excluding ortho intramolecular Hbond substituents is 1. The highest BCUT2D eigenvalue weighted by molar-refractivity contribution is 7.22. The number of amides is 1. The Labute approximate surface area is 94.7 Å². The number of fused-ring (bicyclic) bond motifs is 1. The number of nitrogens with two attached hydrogens (primary N) is 2. The minimum Gasteiger partial charge on any atom is -0.506 e. The summed E-state index contributed by atoms with van der Waals surface area (Å²) in [6.07, 6.45) is 0. The number of carbonyl (C=O) groups excluding carboxylic acids is 1. The first-order chi connectivity index (χ1) is 7.56. The van der Waals surface area contributed by atoms with Gasteiger partial charge in [-0.25, -0.2) is 4.98 Å². The van der Waals surface area contributed by atoms with Gasteiger partial charge in [-0.15, -0.1) is 0 Å². The summed E-state index contributed by atoms with van der Waals surface area (Å²) in [4.78, 5) is 14.4. The predicted octanol–water partition coefficient (Wildman–Crippen LogP) is 0.421. The van der Waals surface area contributed by atoms with Crippen molar-refractivity contribution in [2.45, 2.75) is 0 Å². The topological polar surface area (TPSA) is 102 Å². The Kier molecular flexibility index (Phi) is 2.38. The van der Waals surface area contributed by atoms with E-state index in [2.05, 4.69) is 16.8 Å². The van der Waals surface area contributed by atoms with E-state index in [0.717, 1.165) is 0 Å². The number of hydrogen-bond donors (Lipinski definition) is 3. The Balaban J connectivity index is 2.58. The van der Waals surface area contributed by atoms with Gasteiger partial charge in [-0.3, -0.25) is 4.79 Å². The van der Waals surface area contributed by atoms with Crippen LogP contribution in [0, 0.1) is 11.8 Å². The molecule has 0 fully saturated rings. The van der Waals surface area contributed by atoms with Crippen LogP contribution in [-0.2, 0) is 4.79 Å². The number of rotatable bonds is 0. The number of nitrogens with zero attached hydrogens (tertiary/aromatic N) is 1. The lowest BCUT2D eigenvalue weighted by Crippen LogP contribution is -2.06. The second-order valence-electron chi connectivity index (χ2n) is 3.01. The fraction of sp³-hybridized carbons (Fsp3) is 0. The zero-order chi connectivity index (χ0) is 11.7. The van der Waals surface area contributed by atoms with Gasteiger partial charge < -0.3 is 16.6 Å². The van der Waals surface area contributed by atoms with Crippen LogP contribution in [0.3, 0.4) is 0 Å². The van der Waals surface area contributed by atoms with Crippen molar-refractivity contribution in [1.82, 2.24) is 4.98 Å².